The zero-order valence-electron chi connectivity index (χ0n) is 8.53. The summed E-state index contributed by atoms with van der Waals surface area (Å²) in [5.41, 5.74) is 9.31. The Morgan fingerprint density at radius 1 is 1.29 bits per heavy atom. The molecule has 1 aliphatic heterocycles. The smallest absolute Gasteiger partial charge is 0.0605 e. The lowest BCUT2D eigenvalue weighted by atomic mass is 10.1. The minimum Gasteiger partial charge on any atom is -0.397 e. The molecule has 2 nitrogen and oxygen atoms in total. The molecule has 0 aliphatic carbocycles. The van der Waals surface area contributed by atoms with Gasteiger partial charge in [-0.2, -0.15) is 0 Å². The highest BCUT2D eigenvalue weighted by molar-refractivity contribution is 5.71. The number of hydrogen-bond acceptors (Lipinski definition) is 2. The molecule has 0 unspecified atom stereocenters. The van der Waals surface area contributed by atoms with Crippen LogP contribution in [0.2, 0.25) is 0 Å². The molecule has 0 saturated heterocycles. The summed E-state index contributed by atoms with van der Waals surface area (Å²) in [5.74, 6) is 0. The highest BCUT2D eigenvalue weighted by atomic mass is 15.1. The molecule has 0 spiro atoms. The van der Waals surface area contributed by atoms with Crippen LogP contribution in [0.4, 0.5) is 11.4 Å². The van der Waals surface area contributed by atoms with Gasteiger partial charge in [-0.15, -0.1) is 0 Å². The van der Waals surface area contributed by atoms with Crippen molar-refractivity contribution in [2.45, 2.75) is 13.3 Å². The lowest BCUT2D eigenvalue weighted by Crippen LogP contribution is -2.27. The summed E-state index contributed by atoms with van der Waals surface area (Å²) in [5, 5.41) is 0. The molecule has 2 N–H and O–H groups in total. The molecule has 0 amide bonds. The molecule has 1 aromatic rings. The summed E-state index contributed by atoms with van der Waals surface area (Å²) in [6.07, 6.45) is 5.54. The number of nitrogens with zero attached hydrogens (tertiary/aromatic N) is 1. The third-order valence-electron chi connectivity index (χ3n) is 2.70. The quantitative estimate of drug-likeness (QED) is 0.541. The first-order chi connectivity index (χ1) is 6.79. The second-order valence-corrected chi connectivity index (χ2v) is 3.71. The summed E-state index contributed by atoms with van der Waals surface area (Å²) < 4.78 is 0. The molecule has 2 rings (SSSR count). The van der Waals surface area contributed by atoms with Gasteiger partial charge in [-0.25, -0.2) is 0 Å². The molecule has 1 heterocycles. The zero-order valence-corrected chi connectivity index (χ0v) is 8.53. The van der Waals surface area contributed by atoms with E-state index in [2.05, 4.69) is 42.2 Å². The normalized spacial score (nSPS) is 15.9. The number of anilines is 2. The van der Waals surface area contributed by atoms with Gasteiger partial charge in [0.1, 0.15) is 0 Å². The van der Waals surface area contributed by atoms with Gasteiger partial charge >= 0.3 is 0 Å². The summed E-state index contributed by atoms with van der Waals surface area (Å²) >= 11 is 0. The zero-order chi connectivity index (χ0) is 9.97. The predicted molar refractivity (Wildman–Crippen MR) is 61.6 cm³/mol. The fourth-order valence-electron chi connectivity index (χ4n) is 1.80. The maximum atomic E-state index is 6.05. The molecule has 0 fully saturated rings. The average molecular weight is 188 g/mol. The summed E-state index contributed by atoms with van der Waals surface area (Å²) in [6, 6.07) is 6.22. The molecular weight excluding hydrogens is 172 g/mol. The number of para-hydroxylation sites is 1. The van der Waals surface area contributed by atoms with Gasteiger partial charge in [0.25, 0.3) is 0 Å². The van der Waals surface area contributed by atoms with Crippen molar-refractivity contribution in [1.82, 2.24) is 0 Å². The van der Waals surface area contributed by atoms with E-state index in [0.29, 0.717) is 0 Å². The SMILES string of the molecule is Cc1cccc(N2CC=CCC2)c1N. The van der Waals surface area contributed by atoms with Crippen molar-refractivity contribution in [2.24, 2.45) is 0 Å². The standard InChI is InChI=1S/C12H16N2/c1-10-6-5-7-11(12(10)13)14-8-3-2-4-9-14/h2-3,5-7H,4,8-9,13H2,1H3. The van der Waals surface area contributed by atoms with Crippen LogP contribution in [0.1, 0.15) is 12.0 Å². The van der Waals surface area contributed by atoms with E-state index in [4.69, 9.17) is 5.73 Å². The van der Waals surface area contributed by atoms with Crippen molar-refractivity contribution in [3.05, 3.63) is 35.9 Å². The van der Waals surface area contributed by atoms with Crippen LogP contribution >= 0.6 is 0 Å². The van der Waals surface area contributed by atoms with E-state index in [1.807, 2.05) is 0 Å². The highest BCUT2D eigenvalue weighted by Gasteiger charge is 2.10. The lowest BCUT2D eigenvalue weighted by Gasteiger charge is -2.27. The van der Waals surface area contributed by atoms with Crippen molar-refractivity contribution in [1.29, 1.82) is 0 Å². The Morgan fingerprint density at radius 3 is 2.86 bits per heavy atom. The molecule has 0 radical (unpaired) electrons. The number of nitrogen functional groups attached to an aromatic ring is 1. The van der Waals surface area contributed by atoms with Crippen LogP contribution in [0.3, 0.4) is 0 Å². The number of nitrogens with two attached hydrogens (primary N) is 1. The van der Waals surface area contributed by atoms with Crippen molar-refractivity contribution in [2.75, 3.05) is 23.7 Å². The minimum atomic E-state index is 0.919. The van der Waals surface area contributed by atoms with Gasteiger partial charge in [0.2, 0.25) is 0 Å². The molecule has 0 bridgehead atoms. The molecule has 0 aromatic heterocycles. The van der Waals surface area contributed by atoms with E-state index in [-0.39, 0.29) is 0 Å². The number of aryl methyl sites for hydroxylation is 1. The highest BCUT2D eigenvalue weighted by Crippen LogP contribution is 2.27. The number of benzene rings is 1. The van der Waals surface area contributed by atoms with Crippen LogP contribution in [-0.4, -0.2) is 13.1 Å². The first-order valence-electron chi connectivity index (χ1n) is 5.04. The maximum absolute atomic E-state index is 6.05. The van der Waals surface area contributed by atoms with Gasteiger partial charge in [-0.3, -0.25) is 0 Å². The first kappa shape index (κ1) is 9.13. The first-order valence-corrected chi connectivity index (χ1v) is 5.04. The fourth-order valence-corrected chi connectivity index (χ4v) is 1.80. The van der Waals surface area contributed by atoms with Gasteiger partial charge in [-0.1, -0.05) is 24.3 Å². The number of hydrogen-bond donors (Lipinski definition) is 1. The van der Waals surface area contributed by atoms with Crippen molar-refractivity contribution in [3.8, 4) is 0 Å². The van der Waals surface area contributed by atoms with Crippen molar-refractivity contribution < 1.29 is 0 Å². The molecule has 1 aliphatic rings. The van der Waals surface area contributed by atoms with E-state index in [1.165, 1.54) is 5.69 Å². The maximum Gasteiger partial charge on any atom is 0.0605 e. The Labute approximate surface area is 85.0 Å². The molecular formula is C12H16N2. The van der Waals surface area contributed by atoms with E-state index in [0.717, 1.165) is 30.8 Å². The Hall–Kier alpha value is -1.44. The molecule has 14 heavy (non-hydrogen) atoms. The van der Waals surface area contributed by atoms with Crippen molar-refractivity contribution >= 4 is 11.4 Å². The fraction of sp³-hybridized carbons (Fsp3) is 0.333. The monoisotopic (exact) mass is 188 g/mol. The number of rotatable bonds is 1. The molecule has 0 saturated carbocycles. The van der Waals surface area contributed by atoms with Gasteiger partial charge < -0.3 is 10.6 Å². The largest absolute Gasteiger partial charge is 0.397 e. The molecule has 2 heteroatoms. The second kappa shape index (κ2) is 3.74. The van der Waals surface area contributed by atoms with E-state index in [1.54, 1.807) is 0 Å². The predicted octanol–water partition coefficient (Wildman–Crippen LogP) is 2.34. The van der Waals surface area contributed by atoms with E-state index < -0.39 is 0 Å². The summed E-state index contributed by atoms with van der Waals surface area (Å²) in [4.78, 5) is 2.32. The topological polar surface area (TPSA) is 29.3 Å². The van der Waals surface area contributed by atoms with Crippen molar-refractivity contribution in [3.63, 3.8) is 0 Å². The second-order valence-electron chi connectivity index (χ2n) is 3.71. The van der Waals surface area contributed by atoms with Crippen LogP contribution in [0.15, 0.2) is 30.4 Å². The van der Waals surface area contributed by atoms with E-state index in [9.17, 15) is 0 Å². The lowest BCUT2D eigenvalue weighted by molar-refractivity contribution is 0.822. The summed E-state index contributed by atoms with van der Waals surface area (Å²) in [6.45, 7) is 4.11. The Bertz CT molecular complexity index is 355. The minimum absolute atomic E-state index is 0.919. The molecule has 1 aromatic carbocycles. The van der Waals surface area contributed by atoms with Crippen LogP contribution in [-0.2, 0) is 0 Å². The van der Waals surface area contributed by atoms with Crippen LogP contribution in [0, 0.1) is 6.92 Å². The van der Waals surface area contributed by atoms with Gasteiger partial charge in [0, 0.05) is 13.1 Å². The Balaban J connectivity index is 2.31. The van der Waals surface area contributed by atoms with Gasteiger partial charge in [-0.05, 0) is 25.0 Å². The third kappa shape index (κ3) is 1.60. The molecule has 0 atom stereocenters. The summed E-state index contributed by atoms with van der Waals surface area (Å²) in [7, 11) is 0. The Morgan fingerprint density at radius 2 is 2.14 bits per heavy atom. The third-order valence-corrected chi connectivity index (χ3v) is 2.70. The van der Waals surface area contributed by atoms with E-state index >= 15 is 0 Å². The Kier molecular flexibility index (Phi) is 2.44. The van der Waals surface area contributed by atoms with Crippen LogP contribution < -0.4 is 10.6 Å². The van der Waals surface area contributed by atoms with Crippen LogP contribution in [0.25, 0.3) is 0 Å². The van der Waals surface area contributed by atoms with Crippen LogP contribution in [0.5, 0.6) is 0 Å². The average Bonchev–Trinajstić information content (AvgIpc) is 2.23. The molecule has 74 valence electrons. The van der Waals surface area contributed by atoms with Gasteiger partial charge in [0.05, 0.1) is 11.4 Å². The van der Waals surface area contributed by atoms with Gasteiger partial charge in [0.15, 0.2) is 0 Å².